The number of hydrogen-bond donors (Lipinski definition) is 0. The van der Waals surface area contributed by atoms with Crippen molar-refractivity contribution in [3.63, 3.8) is 0 Å². The summed E-state index contributed by atoms with van der Waals surface area (Å²) in [6, 6.07) is 30.0. The summed E-state index contributed by atoms with van der Waals surface area (Å²) in [5.41, 5.74) is 0. The minimum atomic E-state index is 0. The van der Waals surface area contributed by atoms with Crippen LogP contribution in [0.1, 0.15) is 0 Å². The van der Waals surface area contributed by atoms with Crippen molar-refractivity contribution in [2.24, 2.45) is 0 Å². The molecular weight excluding hydrogens is 423 g/mol. The maximum atomic E-state index is 2.00. The Labute approximate surface area is 105 Å². The van der Waals surface area contributed by atoms with Crippen molar-refractivity contribution in [3.8, 4) is 0 Å². The van der Waals surface area contributed by atoms with Crippen molar-refractivity contribution in [2.75, 3.05) is 0 Å². The molecule has 0 unspecified atom stereocenters. The Hall–Kier alpha value is -1.56. The minimum absolute atomic E-state index is 0. The quantitative estimate of drug-likeness (QED) is 0.462. The Bertz CT molecular complexity index is 237. The van der Waals surface area contributed by atoms with Crippen LogP contribution in [0.15, 0.2) is 91.0 Å². The Morgan fingerprint density at radius 3 is 0.625 bits per heavy atom. The van der Waals surface area contributed by atoms with E-state index in [4.69, 9.17) is 0 Å². The standard InChI is InChI=1S/3C5H5.Am/c3*1-2-4-5-3-1;/h3*1-5H;/q3*-1;. The fourth-order valence-electron chi connectivity index (χ4n) is 0.962. The third-order valence-corrected chi connectivity index (χ3v) is 1.67. The van der Waals surface area contributed by atoms with Crippen LogP contribution in [0.5, 0.6) is 0 Å². The van der Waals surface area contributed by atoms with Gasteiger partial charge in [0.25, 0.3) is 0 Å². The maximum Gasteiger partial charge on any atom is 0 e. The number of rotatable bonds is 0. The van der Waals surface area contributed by atoms with Crippen LogP contribution < -0.4 is 0 Å². The summed E-state index contributed by atoms with van der Waals surface area (Å²) in [5, 5.41) is 0. The summed E-state index contributed by atoms with van der Waals surface area (Å²) in [6.07, 6.45) is 0. The predicted octanol–water partition coefficient (Wildman–Crippen LogP) is 4.22. The summed E-state index contributed by atoms with van der Waals surface area (Å²) < 4.78 is 0. The molecule has 0 bridgehead atoms. The Morgan fingerprint density at radius 1 is 0.375 bits per heavy atom. The first-order valence-electron chi connectivity index (χ1n) is 5.00. The van der Waals surface area contributed by atoms with Gasteiger partial charge in [0.15, 0.2) is 0 Å². The van der Waals surface area contributed by atoms with Crippen LogP contribution in [0.2, 0.25) is 0 Å². The largest absolute Gasteiger partial charge is 0.214 e. The minimum Gasteiger partial charge on any atom is -0.214 e. The summed E-state index contributed by atoms with van der Waals surface area (Å²) >= 11 is 0. The Balaban J connectivity index is 0.000000205. The molecule has 0 atom stereocenters. The van der Waals surface area contributed by atoms with Gasteiger partial charge in [-0.05, 0) is 0 Å². The average Bonchev–Trinajstić information content (AvgIpc) is 3.09. The molecule has 0 nitrogen and oxygen atoms in total. The van der Waals surface area contributed by atoms with Gasteiger partial charge in [0.05, 0.1) is 0 Å². The predicted molar refractivity (Wildman–Crippen MR) is 66.1 cm³/mol. The molecule has 0 aromatic heterocycles. The summed E-state index contributed by atoms with van der Waals surface area (Å²) in [4.78, 5) is 0. The van der Waals surface area contributed by atoms with Gasteiger partial charge in [0, 0.05) is 14.3 Å². The molecule has 0 saturated carbocycles. The smallest absolute Gasteiger partial charge is 0 e. The van der Waals surface area contributed by atoms with E-state index >= 15 is 0 Å². The molecule has 3 rings (SSSR count). The Morgan fingerprint density at radius 2 is 0.562 bits per heavy atom. The molecule has 0 fully saturated rings. The second kappa shape index (κ2) is 11.5. The van der Waals surface area contributed by atoms with Crippen LogP contribution >= 0.6 is 0 Å². The molecular formula is C15H15Am-3. The molecule has 16 heavy (non-hydrogen) atoms. The van der Waals surface area contributed by atoms with Crippen molar-refractivity contribution in [1.82, 2.24) is 0 Å². The molecule has 85 valence electrons. The van der Waals surface area contributed by atoms with E-state index in [-0.39, 0.29) is 14.3 Å². The van der Waals surface area contributed by atoms with Gasteiger partial charge < -0.3 is 0 Å². The Kier molecular flexibility index (Phi) is 10.4. The van der Waals surface area contributed by atoms with Crippen LogP contribution in [0.3, 0.4) is 0 Å². The van der Waals surface area contributed by atoms with Crippen molar-refractivity contribution in [2.45, 2.75) is 0 Å². The fraction of sp³-hybridized carbons (Fsp3) is 0. The molecule has 1 radical (unpaired) electrons. The molecule has 0 saturated heterocycles. The first-order valence-corrected chi connectivity index (χ1v) is 5.00. The van der Waals surface area contributed by atoms with Gasteiger partial charge in [-0.15, -0.1) is 0 Å². The van der Waals surface area contributed by atoms with E-state index in [1.807, 2.05) is 91.0 Å². The normalized spacial score (nSPS) is 7.50. The molecule has 0 spiro atoms. The van der Waals surface area contributed by atoms with E-state index in [1.54, 1.807) is 0 Å². The summed E-state index contributed by atoms with van der Waals surface area (Å²) in [6.45, 7) is 0. The average molecular weight is 438 g/mol. The van der Waals surface area contributed by atoms with Gasteiger partial charge >= 0.3 is 0 Å². The molecule has 0 N–H and O–H groups in total. The third-order valence-electron chi connectivity index (χ3n) is 1.67. The summed E-state index contributed by atoms with van der Waals surface area (Å²) in [5.74, 6) is 0. The molecule has 1 heteroatoms. The van der Waals surface area contributed by atoms with E-state index in [0.717, 1.165) is 0 Å². The van der Waals surface area contributed by atoms with E-state index in [9.17, 15) is 0 Å². The van der Waals surface area contributed by atoms with Crippen LogP contribution in [-0.2, 0) is 0 Å². The van der Waals surface area contributed by atoms with Crippen LogP contribution in [0, 0.1) is 14.3 Å². The van der Waals surface area contributed by atoms with Crippen LogP contribution in [-0.4, -0.2) is 0 Å². The van der Waals surface area contributed by atoms with Gasteiger partial charge in [-0.25, -0.2) is 36.4 Å². The van der Waals surface area contributed by atoms with Gasteiger partial charge in [0.1, 0.15) is 0 Å². The molecule has 3 aromatic carbocycles. The second-order valence-corrected chi connectivity index (χ2v) is 2.89. The van der Waals surface area contributed by atoms with Gasteiger partial charge in [-0.2, -0.15) is 54.6 Å². The van der Waals surface area contributed by atoms with Gasteiger partial charge in [-0.3, -0.25) is 0 Å². The van der Waals surface area contributed by atoms with E-state index in [1.165, 1.54) is 0 Å². The van der Waals surface area contributed by atoms with Crippen LogP contribution in [0.4, 0.5) is 0 Å². The van der Waals surface area contributed by atoms with Crippen molar-refractivity contribution in [3.05, 3.63) is 91.0 Å². The van der Waals surface area contributed by atoms with Crippen LogP contribution in [0.25, 0.3) is 0 Å². The second-order valence-electron chi connectivity index (χ2n) is 2.89. The van der Waals surface area contributed by atoms with Gasteiger partial charge in [0.2, 0.25) is 0 Å². The molecule has 3 aromatic rings. The molecule has 0 aliphatic rings. The molecule has 0 heterocycles. The monoisotopic (exact) mass is 436 g/mol. The van der Waals surface area contributed by atoms with Crippen molar-refractivity contribution >= 4 is 0 Å². The van der Waals surface area contributed by atoms with Crippen molar-refractivity contribution < 1.29 is 14.3 Å². The zero-order chi connectivity index (χ0) is 10.6. The zero-order valence-corrected chi connectivity index (χ0v) is 12.2. The van der Waals surface area contributed by atoms with Gasteiger partial charge in [-0.1, -0.05) is 0 Å². The zero-order valence-electron chi connectivity index (χ0n) is 9.04. The first kappa shape index (κ1) is 14.4. The summed E-state index contributed by atoms with van der Waals surface area (Å²) in [7, 11) is 0. The molecule has 0 aliphatic heterocycles. The van der Waals surface area contributed by atoms with E-state index < -0.39 is 0 Å². The topological polar surface area (TPSA) is 0 Å². The SMILES string of the molecule is [Am].c1cc[cH-]c1.c1cc[cH-]c1.c1cc[cH-]c1. The van der Waals surface area contributed by atoms with E-state index in [0.29, 0.717) is 0 Å². The molecule has 0 amide bonds. The maximum absolute atomic E-state index is 2.00. The van der Waals surface area contributed by atoms with E-state index in [2.05, 4.69) is 0 Å². The molecule has 0 aliphatic carbocycles. The first-order chi connectivity index (χ1) is 7.50. The third kappa shape index (κ3) is 9.01. The van der Waals surface area contributed by atoms with Crippen molar-refractivity contribution in [1.29, 1.82) is 0 Å². The number of hydrogen-bond acceptors (Lipinski definition) is 0. The fourth-order valence-corrected chi connectivity index (χ4v) is 0.962.